The summed E-state index contributed by atoms with van der Waals surface area (Å²) < 4.78 is 1.16. The third-order valence-electron chi connectivity index (χ3n) is 3.53. The predicted molar refractivity (Wildman–Crippen MR) is 90.1 cm³/mol. The predicted octanol–water partition coefficient (Wildman–Crippen LogP) is 3.57. The van der Waals surface area contributed by atoms with E-state index in [2.05, 4.69) is 46.2 Å². The first-order valence-electron chi connectivity index (χ1n) is 6.55. The molecule has 4 heteroatoms. The van der Waals surface area contributed by atoms with Crippen molar-refractivity contribution in [2.45, 2.75) is 19.4 Å². The summed E-state index contributed by atoms with van der Waals surface area (Å²) >= 11 is 2.28. The van der Waals surface area contributed by atoms with Gasteiger partial charge in [-0.2, -0.15) is 0 Å². The molecule has 0 spiro atoms. The molecule has 0 aliphatic carbocycles. The highest BCUT2D eigenvalue weighted by Crippen LogP contribution is 2.26. The second kappa shape index (κ2) is 5.44. The standard InChI is InChI=1S/C16H15IN2O/c1-10-6-7-12(9-13(10)17)18-16(20)15-8-11-4-2-3-5-14(11)19-15/h2-7,9,15,19H,8H2,1H3,(H,18,20)/t15-/m0/s1. The molecule has 2 N–H and O–H groups in total. The van der Waals surface area contributed by atoms with Crippen molar-refractivity contribution in [1.82, 2.24) is 0 Å². The zero-order valence-corrected chi connectivity index (χ0v) is 13.3. The SMILES string of the molecule is Cc1ccc(NC(=O)[C@@H]2Cc3ccccc3N2)cc1I. The molecule has 2 aromatic carbocycles. The van der Waals surface area contributed by atoms with E-state index in [9.17, 15) is 4.79 Å². The van der Waals surface area contributed by atoms with E-state index in [0.717, 1.165) is 21.4 Å². The number of fused-ring (bicyclic) bond motifs is 1. The molecule has 0 bridgehead atoms. The minimum atomic E-state index is -0.189. The van der Waals surface area contributed by atoms with Gasteiger partial charge in [0.15, 0.2) is 0 Å². The van der Waals surface area contributed by atoms with Gasteiger partial charge in [-0.1, -0.05) is 24.3 Å². The number of carbonyl (C=O) groups is 1. The number of hydrogen-bond donors (Lipinski definition) is 2. The van der Waals surface area contributed by atoms with Gasteiger partial charge < -0.3 is 10.6 Å². The molecule has 0 saturated heterocycles. The Morgan fingerprint density at radius 2 is 2.10 bits per heavy atom. The van der Waals surface area contributed by atoms with Crippen LogP contribution in [0.25, 0.3) is 0 Å². The molecule has 1 atom stereocenters. The van der Waals surface area contributed by atoms with Crippen molar-refractivity contribution in [3.05, 3.63) is 57.2 Å². The molecule has 1 aliphatic rings. The Hall–Kier alpha value is -1.56. The van der Waals surface area contributed by atoms with Gasteiger partial charge in [-0.25, -0.2) is 0 Å². The summed E-state index contributed by atoms with van der Waals surface area (Å²) in [5, 5.41) is 6.25. The fourth-order valence-electron chi connectivity index (χ4n) is 2.36. The Kier molecular flexibility index (Phi) is 3.65. The first-order valence-corrected chi connectivity index (χ1v) is 7.63. The quantitative estimate of drug-likeness (QED) is 0.785. The molecule has 0 aromatic heterocycles. The summed E-state index contributed by atoms with van der Waals surface area (Å²) in [5.41, 5.74) is 4.33. The smallest absolute Gasteiger partial charge is 0.247 e. The lowest BCUT2D eigenvalue weighted by molar-refractivity contribution is -0.116. The van der Waals surface area contributed by atoms with Gasteiger partial charge in [0.05, 0.1) is 0 Å². The molecule has 0 fully saturated rings. The third-order valence-corrected chi connectivity index (χ3v) is 4.69. The van der Waals surface area contributed by atoms with E-state index in [0.29, 0.717) is 0 Å². The maximum atomic E-state index is 12.3. The minimum absolute atomic E-state index is 0.0147. The maximum Gasteiger partial charge on any atom is 0.247 e. The van der Waals surface area contributed by atoms with Gasteiger partial charge in [0, 0.05) is 21.4 Å². The van der Waals surface area contributed by atoms with Gasteiger partial charge in [-0.15, -0.1) is 0 Å². The second-order valence-electron chi connectivity index (χ2n) is 5.01. The molecule has 102 valence electrons. The van der Waals surface area contributed by atoms with Crippen LogP contribution in [0.4, 0.5) is 11.4 Å². The van der Waals surface area contributed by atoms with Gasteiger partial charge in [-0.3, -0.25) is 4.79 Å². The number of hydrogen-bond acceptors (Lipinski definition) is 2. The number of carbonyl (C=O) groups excluding carboxylic acids is 1. The molecule has 2 aromatic rings. The normalized spacial score (nSPS) is 16.4. The van der Waals surface area contributed by atoms with E-state index in [1.54, 1.807) is 0 Å². The van der Waals surface area contributed by atoms with Crippen LogP contribution in [0.2, 0.25) is 0 Å². The first kappa shape index (κ1) is 13.4. The number of benzene rings is 2. The van der Waals surface area contributed by atoms with Gasteiger partial charge in [0.1, 0.15) is 6.04 Å². The number of anilines is 2. The fourth-order valence-corrected chi connectivity index (χ4v) is 2.87. The van der Waals surface area contributed by atoms with Crippen LogP contribution < -0.4 is 10.6 Å². The van der Waals surface area contributed by atoms with E-state index in [1.165, 1.54) is 11.1 Å². The Morgan fingerprint density at radius 1 is 1.30 bits per heavy atom. The number of nitrogens with one attached hydrogen (secondary N) is 2. The number of rotatable bonds is 2. The highest BCUT2D eigenvalue weighted by atomic mass is 127. The topological polar surface area (TPSA) is 41.1 Å². The van der Waals surface area contributed by atoms with Crippen LogP contribution in [0.1, 0.15) is 11.1 Å². The average Bonchev–Trinajstić information content (AvgIpc) is 2.87. The summed E-state index contributed by atoms with van der Waals surface area (Å²) in [6.45, 7) is 2.06. The summed E-state index contributed by atoms with van der Waals surface area (Å²) in [6, 6.07) is 13.8. The van der Waals surface area contributed by atoms with E-state index in [1.807, 2.05) is 36.4 Å². The Labute approximate surface area is 131 Å². The first-order chi connectivity index (χ1) is 9.63. The molecule has 0 radical (unpaired) electrons. The fraction of sp³-hybridized carbons (Fsp3) is 0.188. The van der Waals surface area contributed by atoms with Gasteiger partial charge >= 0.3 is 0 Å². The van der Waals surface area contributed by atoms with Gasteiger partial charge in [0.25, 0.3) is 0 Å². The molecule has 3 rings (SSSR count). The monoisotopic (exact) mass is 378 g/mol. The van der Waals surface area contributed by atoms with E-state index in [4.69, 9.17) is 0 Å². The second-order valence-corrected chi connectivity index (χ2v) is 6.17. The molecule has 1 aliphatic heterocycles. The van der Waals surface area contributed by atoms with Crippen LogP contribution in [0.15, 0.2) is 42.5 Å². The van der Waals surface area contributed by atoms with Crippen LogP contribution in [-0.2, 0) is 11.2 Å². The van der Waals surface area contributed by atoms with E-state index in [-0.39, 0.29) is 11.9 Å². The Bertz CT molecular complexity index is 644. The van der Waals surface area contributed by atoms with Crippen molar-refractivity contribution >= 4 is 39.9 Å². The number of para-hydroxylation sites is 1. The van der Waals surface area contributed by atoms with Gasteiger partial charge in [-0.05, 0) is 58.8 Å². The summed E-state index contributed by atoms with van der Waals surface area (Å²) in [4.78, 5) is 12.3. The number of halogens is 1. The number of amides is 1. The van der Waals surface area contributed by atoms with Crippen LogP contribution in [-0.4, -0.2) is 11.9 Å². The largest absolute Gasteiger partial charge is 0.373 e. The van der Waals surface area contributed by atoms with Crippen LogP contribution in [0, 0.1) is 10.5 Å². The summed E-state index contributed by atoms with van der Waals surface area (Å²) in [7, 11) is 0. The molecule has 1 amide bonds. The molecule has 3 nitrogen and oxygen atoms in total. The zero-order valence-electron chi connectivity index (χ0n) is 11.1. The molecular weight excluding hydrogens is 363 g/mol. The van der Waals surface area contributed by atoms with E-state index < -0.39 is 0 Å². The average molecular weight is 378 g/mol. The molecular formula is C16H15IN2O. The zero-order chi connectivity index (χ0) is 14.1. The summed E-state index contributed by atoms with van der Waals surface area (Å²) in [6.07, 6.45) is 0.741. The van der Waals surface area contributed by atoms with Crippen LogP contribution in [0.3, 0.4) is 0 Å². The third kappa shape index (κ3) is 2.65. The minimum Gasteiger partial charge on any atom is -0.373 e. The van der Waals surface area contributed by atoms with Crippen molar-refractivity contribution in [3.63, 3.8) is 0 Å². The molecule has 0 saturated carbocycles. The maximum absolute atomic E-state index is 12.3. The Balaban J connectivity index is 1.71. The lowest BCUT2D eigenvalue weighted by Crippen LogP contribution is -2.32. The van der Waals surface area contributed by atoms with Crippen LogP contribution in [0.5, 0.6) is 0 Å². The highest BCUT2D eigenvalue weighted by Gasteiger charge is 2.26. The summed E-state index contributed by atoms with van der Waals surface area (Å²) in [5.74, 6) is 0.0147. The van der Waals surface area contributed by atoms with Crippen molar-refractivity contribution in [2.75, 3.05) is 10.6 Å². The highest BCUT2D eigenvalue weighted by molar-refractivity contribution is 14.1. The van der Waals surface area contributed by atoms with Crippen molar-refractivity contribution in [2.24, 2.45) is 0 Å². The lowest BCUT2D eigenvalue weighted by atomic mass is 10.1. The lowest BCUT2D eigenvalue weighted by Gasteiger charge is -2.12. The molecule has 0 unspecified atom stereocenters. The van der Waals surface area contributed by atoms with Gasteiger partial charge in [0.2, 0.25) is 5.91 Å². The van der Waals surface area contributed by atoms with Crippen molar-refractivity contribution in [1.29, 1.82) is 0 Å². The van der Waals surface area contributed by atoms with Crippen LogP contribution >= 0.6 is 22.6 Å². The van der Waals surface area contributed by atoms with Crippen molar-refractivity contribution in [3.8, 4) is 0 Å². The molecule has 1 heterocycles. The van der Waals surface area contributed by atoms with E-state index >= 15 is 0 Å². The number of aryl methyl sites for hydroxylation is 1. The molecule has 20 heavy (non-hydrogen) atoms. The van der Waals surface area contributed by atoms with Crippen molar-refractivity contribution < 1.29 is 4.79 Å². The Morgan fingerprint density at radius 3 is 2.85 bits per heavy atom.